The predicted molar refractivity (Wildman–Crippen MR) is 149 cm³/mol. The van der Waals surface area contributed by atoms with Crippen molar-refractivity contribution in [1.82, 2.24) is 15.2 Å². The molecular formula is C27H29Cl2FN6O3. The highest BCUT2D eigenvalue weighted by molar-refractivity contribution is 6.31. The van der Waals surface area contributed by atoms with E-state index in [4.69, 9.17) is 33.7 Å². The van der Waals surface area contributed by atoms with Gasteiger partial charge >= 0.3 is 6.09 Å². The van der Waals surface area contributed by atoms with E-state index in [1.807, 2.05) is 13.8 Å². The molecule has 4 rings (SSSR count). The Bertz CT molecular complexity index is 1450. The first-order valence-electron chi connectivity index (χ1n) is 12.2. The van der Waals surface area contributed by atoms with Gasteiger partial charge in [-0.1, -0.05) is 55.2 Å². The average Bonchev–Trinajstić information content (AvgIpc) is 3.33. The highest BCUT2D eigenvalue weighted by atomic mass is 35.5. The van der Waals surface area contributed by atoms with E-state index in [0.29, 0.717) is 21.8 Å². The average molecular weight is 575 g/mol. The number of anilines is 1. The van der Waals surface area contributed by atoms with E-state index in [9.17, 15) is 9.59 Å². The van der Waals surface area contributed by atoms with Gasteiger partial charge in [-0.25, -0.2) is 14.6 Å². The van der Waals surface area contributed by atoms with Crippen molar-refractivity contribution < 1.29 is 18.7 Å². The second-order valence-corrected chi connectivity index (χ2v) is 11.2. The van der Waals surface area contributed by atoms with Crippen molar-refractivity contribution in [2.75, 3.05) is 4.90 Å². The van der Waals surface area contributed by atoms with Crippen LogP contribution in [0.5, 0.6) is 0 Å². The van der Waals surface area contributed by atoms with E-state index in [0.717, 1.165) is 0 Å². The summed E-state index contributed by atoms with van der Waals surface area (Å²) in [4.78, 5) is 27.1. The van der Waals surface area contributed by atoms with Crippen LogP contribution in [-0.4, -0.2) is 33.2 Å². The van der Waals surface area contributed by atoms with E-state index in [2.05, 4.69) is 15.6 Å². The van der Waals surface area contributed by atoms with Crippen LogP contribution in [0.4, 0.5) is 14.9 Å². The van der Waals surface area contributed by atoms with Crippen molar-refractivity contribution in [2.45, 2.75) is 58.7 Å². The smallest absolute Gasteiger partial charge is 0.428 e. The van der Waals surface area contributed by atoms with Crippen LogP contribution in [0, 0.1) is 5.82 Å². The molecule has 0 aliphatic carbocycles. The van der Waals surface area contributed by atoms with Crippen molar-refractivity contribution in [1.29, 1.82) is 0 Å². The predicted octanol–water partition coefficient (Wildman–Crippen LogP) is 6.00. The minimum absolute atomic E-state index is 0.0115. The molecule has 1 aliphatic heterocycles. The van der Waals surface area contributed by atoms with Crippen LogP contribution in [0.2, 0.25) is 10.0 Å². The number of amidine groups is 1. The molecule has 0 saturated carbocycles. The standard InChI is InChI=1S/C27H29Cl2FN6O3/c1-14(2)23-20-22(34-35(23)13-19(31)32-33-26(38)39-27(3,4)5)25(37)36(18-8-6-7-17(29)21(18)30)24(20)15-9-11-16(28)12-10-15/h6-12,14,24H,13H2,1-5H3,(H2,31,32)(H,33,38). The van der Waals surface area contributed by atoms with Gasteiger partial charge in [0.25, 0.3) is 5.91 Å². The van der Waals surface area contributed by atoms with Crippen molar-refractivity contribution in [3.8, 4) is 0 Å². The number of nitrogens with zero attached hydrogens (tertiary/aromatic N) is 4. The molecule has 9 nitrogen and oxygen atoms in total. The zero-order valence-corrected chi connectivity index (χ0v) is 23.6. The number of ether oxygens (including phenoxy) is 1. The second-order valence-electron chi connectivity index (χ2n) is 10.4. The van der Waals surface area contributed by atoms with Gasteiger partial charge in [-0.2, -0.15) is 10.2 Å². The number of benzene rings is 2. The second kappa shape index (κ2) is 10.9. The molecule has 1 atom stereocenters. The number of aromatic nitrogens is 2. The molecule has 1 unspecified atom stereocenters. The van der Waals surface area contributed by atoms with Gasteiger partial charge in [0.1, 0.15) is 18.0 Å². The Labute approximate surface area is 235 Å². The quantitative estimate of drug-likeness (QED) is 0.213. The summed E-state index contributed by atoms with van der Waals surface area (Å²) in [7, 11) is 0. The third-order valence-corrected chi connectivity index (χ3v) is 6.45. The Kier molecular flexibility index (Phi) is 7.90. The Morgan fingerprint density at radius 3 is 2.49 bits per heavy atom. The van der Waals surface area contributed by atoms with Crippen LogP contribution < -0.4 is 16.1 Å². The maximum absolute atomic E-state index is 15.2. The summed E-state index contributed by atoms with van der Waals surface area (Å²) in [6.07, 6.45) is -0.755. The van der Waals surface area contributed by atoms with Crippen molar-refractivity contribution in [3.05, 3.63) is 80.8 Å². The van der Waals surface area contributed by atoms with E-state index >= 15 is 4.39 Å². The summed E-state index contributed by atoms with van der Waals surface area (Å²) in [5, 5.41) is 8.91. The fourth-order valence-electron chi connectivity index (χ4n) is 4.50. The lowest BCUT2D eigenvalue weighted by atomic mass is 9.94. The van der Waals surface area contributed by atoms with Crippen molar-refractivity contribution >= 4 is 46.7 Å². The fourth-order valence-corrected chi connectivity index (χ4v) is 4.80. The molecule has 3 N–H and O–H groups in total. The van der Waals surface area contributed by atoms with E-state index in [1.165, 1.54) is 17.0 Å². The number of hydrazone groups is 1. The summed E-state index contributed by atoms with van der Waals surface area (Å²) in [6.45, 7) is 9.08. The van der Waals surface area contributed by atoms with Gasteiger partial charge in [-0.3, -0.25) is 14.4 Å². The Balaban J connectivity index is 1.78. The number of carbonyl (C=O) groups is 2. The number of nitrogens with two attached hydrogens (primary N) is 1. The van der Waals surface area contributed by atoms with Crippen molar-refractivity contribution in [2.24, 2.45) is 10.8 Å². The molecule has 1 aromatic heterocycles. The third-order valence-electron chi connectivity index (χ3n) is 5.91. The maximum atomic E-state index is 15.2. The first kappa shape index (κ1) is 28.4. The highest BCUT2D eigenvalue weighted by Crippen LogP contribution is 2.46. The van der Waals surface area contributed by atoms with Crippen molar-refractivity contribution in [3.63, 3.8) is 0 Å². The molecule has 0 fully saturated rings. The van der Waals surface area contributed by atoms with E-state index in [1.54, 1.807) is 55.8 Å². The number of rotatable bonds is 6. The number of carbonyl (C=O) groups excluding carboxylic acids is 2. The van der Waals surface area contributed by atoms with Crippen LogP contribution in [0.15, 0.2) is 47.6 Å². The molecule has 2 amide bonds. The van der Waals surface area contributed by atoms with Gasteiger partial charge in [0.2, 0.25) is 0 Å². The Morgan fingerprint density at radius 2 is 1.87 bits per heavy atom. The van der Waals surface area contributed by atoms with Gasteiger partial charge in [0.05, 0.1) is 16.8 Å². The first-order chi connectivity index (χ1) is 18.3. The zero-order valence-electron chi connectivity index (χ0n) is 22.1. The van der Waals surface area contributed by atoms with Gasteiger partial charge < -0.3 is 10.5 Å². The van der Waals surface area contributed by atoms with E-state index < -0.39 is 29.5 Å². The maximum Gasteiger partial charge on any atom is 0.428 e. The topological polar surface area (TPSA) is 115 Å². The zero-order chi connectivity index (χ0) is 28.6. The lowest BCUT2D eigenvalue weighted by molar-refractivity contribution is 0.0528. The molecule has 0 radical (unpaired) electrons. The number of halogens is 3. The molecule has 0 saturated heterocycles. The summed E-state index contributed by atoms with van der Waals surface area (Å²) in [5.74, 6) is -1.27. The molecule has 1 aliphatic rings. The molecule has 3 aromatic rings. The Morgan fingerprint density at radius 1 is 1.21 bits per heavy atom. The molecule has 2 aromatic carbocycles. The molecular weight excluding hydrogens is 546 g/mol. The number of hydrogen-bond donors (Lipinski definition) is 2. The molecule has 0 spiro atoms. The van der Waals surface area contributed by atoms with Gasteiger partial charge in [0, 0.05) is 16.3 Å². The van der Waals surface area contributed by atoms with Crippen LogP contribution in [-0.2, 0) is 11.3 Å². The number of fused-ring (bicyclic) bond motifs is 1. The largest absolute Gasteiger partial charge is 0.443 e. The lowest BCUT2D eigenvalue weighted by Gasteiger charge is -2.28. The monoisotopic (exact) mass is 574 g/mol. The highest BCUT2D eigenvalue weighted by Gasteiger charge is 2.45. The third kappa shape index (κ3) is 5.86. The molecule has 39 heavy (non-hydrogen) atoms. The molecule has 206 valence electrons. The molecule has 12 heteroatoms. The summed E-state index contributed by atoms with van der Waals surface area (Å²) in [5.41, 5.74) is 9.89. The minimum atomic E-state index is -0.755. The van der Waals surface area contributed by atoms with E-state index in [-0.39, 0.29) is 34.7 Å². The Hall–Kier alpha value is -3.63. The lowest BCUT2D eigenvalue weighted by Crippen LogP contribution is -2.33. The van der Waals surface area contributed by atoms with Crippen LogP contribution in [0.1, 0.15) is 73.9 Å². The normalized spacial score (nSPS) is 15.6. The summed E-state index contributed by atoms with van der Waals surface area (Å²) < 4.78 is 22.0. The number of amides is 2. The van der Waals surface area contributed by atoms with Gasteiger partial charge in [-0.15, -0.1) is 0 Å². The number of hydrogen-bond acceptors (Lipinski definition) is 5. The van der Waals surface area contributed by atoms with Crippen LogP contribution >= 0.6 is 23.2 Å². The molecule has 0 bridgehead atoms. The SMILES string of the molecule is CC(C)c1c2c(nn1C/C(N)=N/NC(=O)OC(C)(C)C)C(=O)N(c1cccc(Cl)c1F)C2c1ccc(Cl)cc1. The van der Waals surface area contributed by atoms with Crippen LogP contribution in [0.3, 0.4) is 0 Å². The summed E-state index contributed by atoms with van der Waals surface area (Å²) >= 11 is 12.2. The molecule has 2 heterocycles. The first-order valence-corrected chi connectivity index (χ1v) is 13.0. The summed E-state index contributed by atoms with van der Waals surface area (Å²) in [6, 6.07) is 10.8. The fraction of sp³-hybridized carbons (Fsp3) is 0.333. The van der Waals surface area contributed by atoms with Gasteiger partial charge in [-0.05, 0) is 56.5 Å². The van der Waals surface area contributed by atoms with Gasteiger partial charge in [0.15, 0.2) is 11.5 Å². The van der Waals surface area contributed by atoms with Crippen LogP contribution in [0.25, 0.3) is 0 Å². The number of nitrogens with one attached hydrogen (secondary N) is 1. The minimum Gasteiger partial charge on any atom is -0.443 e.